The van der Waals surface area contributed by atoms with E-state index in [1.165, 1.54) is 11.8 Å². The fourth-order valence-corrected chi connectivity index (χ4v) is 4.48. The molecule has 3 aromatic carbocycles. The molecular formula is C27H25ClN4OS. The monoisotopic (exact) mass is 488 g/mol. The molecule has 1 amide bonds. The van der Waals surface area contributed by atoms with Gasteiger partial charge in [-0.1, -0.05) is 96.2 Å². The fraction of sp³-hybridized carbons (Fsp3) is 0.148. The molecule has 0 aliphatic rings. The first kappa shape index (κ1) is 23.8. The molecule has 0 aliphatic heterocycles. The maximum absolute atomic E-state index is 13.1. The smallest absolute Gasteiger partial charge is 0.252 e. The molecule has 7 heteroatoms. The van der Waals surface area contributed by atoms with Crippen molar-refractivity contribution in [2.24, 2.45) is 0 Å². The Morgan fingerprint density at radius 1 is 0.912 bits per heavy atom. The lowest BCUT2D eigenvalue weighted by Crippen LogP contribution is -2.29. The van der Waals surface area contributed by atoms with E-state index in [-0.39, 0.29) is 11.9 Å². The van der Waals surface area contributed by atoms with Gasteiger partial charge < -0.3 is 10.2 Å². The third kappa shape index (κ3) is 6.16. The molecule has 0 saturated carbocycles. The van der Waals surface area contributed by atoms with E-state index < -0.39 is 0 Å². The van der Waals surface area contributed by atoms with Crippen molar-refractivity contribution in [1.82, 2.24) is 15.3 Å². The Hall–Kier alpha value is -3.35. The van der Waals surface area contributed by atoms with Crippen molar-refractivity contribution in [2.45, 2.75) is 17.0 Å². The van der Waals surface area contributed by atoms with Crippen molar-refractivity contribution in [3.05, 3.63) is 118 Å². The highest BCUT2D eigenvalue weighted by Gasteiger charge is 2.17. The zero-order chi connectivity index (χ0) is 23.9. The highest BCUT2D eigenvalue weighted by Crippen LogP contribution is 2.25. The van der Waals surface area contributed by atoms with Crippen LogP contribution in [-0.2, 0) is 5.75 Å². The third-order valence-corrected chi connectivity index (χ3v) is 6.36. The Bertz CT molecular complexity index is 1200. The molecule has 0 bridgehead atoms. The summed E-state index contributed by atoms with van der Waals surface area (Å²) in [6.07, 6.45) is 0. The largest absolute Gasteiger partial charge is 0.363 e. The number of aromatic nitrogens is 2. The number of hydrogen-bond acceptors (Lipinski definition) is 5. The van der Waals surface area contributed by atoms with Gasteiger partial charge in [0, 0.05) is 31.5 Å². The van der Waals surface area contributed by atoms with Crippen LogP contribution in [0.5, 0.6) is 0 Å². The minimum Gasteiger partial charge on any atom is -0.363 e. The molecule has 172 valence electrons. The summed E-state index contributed by atoms with van der Waals surface area (Å²) in [5.74, 6) is 1.32. The molecule has 1 N–H and O–H groups in total. The number of carbonyl (C=O) groups excluding carboxylic acids is 1. The molecule has 4 rings (SSSR count). The first-order chi connectivity index (χ1) is 16.5. The van der Waals surface area contributed by atoms with Crippen LogP contribution in [0.2, 0.25) is 5.15 Å². The number of halogens is 1. The van der Waals surface area contributed by atoms with Gasteiger partial charge in [0.25, 0.3) is 5.91 Å². The molecule has 5 nitrogen and oxygen atoms in total. The topological polar surface area (TPSA) is 58.1 Å². The second-order valence-corrected chi connectivity index (χ2v) is 9.27. The van der Waals surface area contributed by atoms with E-state index >= 15 is 0 Å². The SMILES string of the molecule is CN(C)c1cc(Cl)nc(SCc2ccc(C(=O)NC(c3ccccc3)c3ccccc3)cc2)n1. The van der Waals surface area contributed by atoms with E-state index in [2.05, 4.69) is 15.3 Å². The predicted molar refractivity (Wildman–Crippen MR) is 140 cm³/mol. The van der Waals surface area contributed by atoms with Crippen LogP contribution in [0, 0.1) is 0 Å². The molecule has 0 fully saturated rings. The molecule has 34 heavy (non-hydrogen) atoms. The normalized spacial score (nSPS) is 10.8. The number of nitrogens with zero attached hydrogens (tertiary/aromatic N) is 3. The minimum atomic E-state index is -0.226. The van der Waals surface area contributed by atoms with E-state index in [0.29, 0.717) is 21.6 Å². The molecule has 0 atom stereocenters. The zero-order valence-corrected chi connectivity index (χ0v) is 20.6. The van der Waals surface area contributed by atoms with E-state index in [9.17, 15) is 4.79 Å². The number of hydrogen-bond donors (Lipinski definition) is 1. The first-order valence-electron chi connectivity index (χ1n) is 10.8. The molecule has 0 aliphatic carbocycles. The van der Waals surface area contributed by atoms with Crippen molar-refractivity contribution in [3.8, 4) is 0 Å². The summed E-state index contributed by atoms with van der Waals surface area (Å²) in [6.45, 7) is 0. The molecule has 0 saturated heterocycles. The zero-order valence-electron chi connectivity index (χ0n) is 19.0. The Labute approximate surface area is 209 Å². The molecule has 1 heterocycles. The van der Waals surface area contributed by atoms with Crippen LogP contribution < -0.4 is 10.2 Å². The second-order valence-electron chi connectivity index (χ2n) is 7.94. The van der Waals surface area contributed by atoms with Gasteiger partial charge >= 0.3 is 0 Å². The molecule has 1 aromatic heterocycles. The number of carbonyl (C=O) groups is 1. The maximum atomic E-state index is 13.1. The predicted octanol–water partition coefficient (Wildman–Crippen LogP) is 6.01. The van der Waals surface area contributed by atoms with E-state index in [0.717, 1.165) is 22.5 Å². The Morgan fingerprint density at radius 3 is 2.06 bits per heavy atom. The van der Waals surface area contributed by atoms with Crippen LogP contribution in [0.25, 0.3) is 0 Å². The van der Waals surface area contributed by atoms with Crippen LogP contribution in [-0.4, -0.2) is 30.0 Å². The Morgan fingerprint density at radius 2 is 1.50 bits per heavy atom. The van der Waals surface area contributed by atoms with E-state index in [1.807, 2.05) is 104 Å². The molecule has 0 unspecified atom stereocenters. The van der Waals surface area contributed by atoms with Crippen LogP contribution in [0.15, 0.2) is 96.2 Å². The van der Waals surface area contributed by atoms with E-state index in [4.69, 9.17) is 11.6 Å². The number of nitrogens with one attached hydrogen (secondary N) is 1. The number of amides is 1. The van der Waals surface area contributed by atoms with Crippen molar-refractivity contribution >= 4 is 35.1 Å². The van der Waals surface area contributed by atoms with Crippen molar-refractivity contribution in [1.29, 1.82) is 0 Å². The standard InChI is InChI=1S/C27H25ClN4OS/c1-32(2)24-17-23(28)29-27(30-24)34-18-19-13-15-22(16-14-19)26(33)31-25(20-9-5-3-6-10-20)21-11-7-4-8-12-21/h3-17,25H,18H2,1-2H3,(H,31,33). The van der Waals surface area contributed by atoms with Gasteiger partial charge in [0.15, 0.2) is 5.16 Å². The lowest BCUT2D eigenvalue weighted by atomic mass is 9.98. The molecule has 4 aromatic rings. The molecule has 0 radical (unpaired) electrons. The van der Waals surface area contributed by atoms with E-state index in [1.54, 1.807) is 6.07 Å². The van der Waals surface area contributed by atoms with Crippen LogP contribution >= 0.6 is 23.4 Å². The number of thioether (sulfide) groups is 1. The lowest BCUT2D eigenvalue weighted by Gasteiger charge is -2.20. The summed E-state index contributed by atoms with van der Waals surface area (Å²) in [7, 11) is 3.83. The second kappa shape index (κ2) is 11.2. The summed E-state index contributed by atoms with van der Waals surface area (Å²) in [5, 5.41) is 4.22. The van der Waals surface area contributed by atoms with Gasteiger partial charge in [0.2, 0.25) is 0 Å². The number of rotatable bonds is 8. The summed E-state index contributed by atoms with van der Waals surface area (Å²) in [4.78, 5) is 23.8. The lowest BCUT2D eigenvalue weighted by molar-refractivity contribution is 0.0943. The Balaban J connectivity index is 1.44. The molecular weight excluding hydrogens is 464 g/mol. The third-order valence-electron chi connectivity index (χ3n) is 5.24. The summed E-state index contributed by atoms with van der Waals surface area (Å²) in [6, 6.07) is 29.1. The number of benzene rings is 3. The Kier molecular flexibility index (Phi) is 7.83. The van der Waals surface area contributed by atoms with Gasteiger partial charge in [-0.3, -0.25) is 4.79 Å². The quantitative estimate of drug-likeness (QED) is 0.187. The summed E-state index contributed by atoms with van der Waals surface area (Å²) >= 11 is 7.63. The highest BCUT2D eigenvalue weighted by molar-refractivity contribution is 7.98. The first-order valence-corrected chi connectivity index (χ1v) is 12.2. The summed E-state index contributed by atoms with van der Waals surface area (Å²) in [5.41, 5.74) is 3.75. The van der Waals surface area contributed by atoms with Gasteiger partial charge in [-0.15, -0.1) is 0 Å². The van der Waals surface area contributed by atoms with Gasteiger partial charge in [0.05, 0.1) is 6.04 Å². The minimum absolute atomic E-state index is 0.120. The van der Waals surface area contributed by atoms with Crippen LogP contribution in [0.3, 0.4) is 0 Å². The van der Waals surface area contributed by atoms with Crippen molar-refractivity contribution < 1.29 is 4.79 Å². The average molecular weight is 489 g/mol. The average Bonchev–Trinajstić information content (AvgIpc) is 2.87. The highest BCUT2D eigenvalue weighted by atomic mass is 35.5. The summed E-state index contributed by atoms with van der Waals surface area (Å²) < 4.78 is 0. The molecule has 0 spiro atoms. The van der Waals surface area contributed by atoms with Crippen LogP contribution in [0.1, 0.15) is 33.1 Å². The van der Waals surface area contributed by atoms with Gasteiger partial charge in [-0.25, -0.2) is 9.97 Å². The van der Waals surface area contributed by atoms with Gasteiger partial charge in [-0.2, -0.15) is 0 Å². The maximum Gasteiger partial charge on any atom is 0.252 e. The van der Waals surface area contributed by atoms with Crippen LogP contribution in [0.4, 0.5) is 5.82 Å². The van der Waals surface area contributed by atoms with Gasteiger partial charge in [-0.05, 0) is 28.8 Å². The van der Waals surface area contributed by atoms with Crippen molar-refractivity contribution in [2.75, 3.05) is 19.0 Å². The number of anilines is 1. The fourth-order valence-electron chi connectivity index (χ4n) is 3.44. The van der Waals surface area contributed by atoms with Gasteiger partial charge in [0.1, 0.15) is 11.0 Å². The van der Waals surface area contributed by atoms with Crippen molar-refractivity contribution in [3.63, 3.8) is 0 Å².